The zero-order chi connectivity index (χ0) is 21.5. The van der Waals surface area contributed by atoms with Gasteiger partial charge in [0.15, 0.2) is 0 Å². The molecule has 0 amide bonds. The smallest absolute Gasteiger partial charge is 0.353 e. The molecule has 0 fully saturated rings. The van der Waals surface area contributed by atoms with Gasteiger partial charge in [-0.1, -0.05) is 12.1 Å². The van der Waals surface area contributed by atoms with Crippen molar-refractivity contribution in [2.24, 2.45) is 0 Å². The number of aromatic nitrogens is 2. The first-order valence-corrected chi connectivity index (χ1v) is 9.04. The van der Waals surface area contributed by atoms with E-state index in [1.54, 1.807) is 36.4 Å². The number of rotatable bonds is 9. The van der Waals surface area contributed by atoms with Crippen molar-refractivity contribution in [3.05, 3.63) is 58.9 Å². The molecule has 0 saturated heterocycles. The summed E-state index contributed by atoms with van der Waals surface area (Å²) in [6.07, 6.45) is 1.23. The van der Waals surface area contributed by atoms with Crippen LogP contribution in [0.4, 0.5) is 28.7 Å². The van der Waals surface area contributed by atoms with Crippen LogP contribution in [0.5, 0.6) is 17.2 Å². The summed E-state index contributed by atoms with van der Waals surface area (Å²) in [6.45, 7) is 2.31. The molecule has 10 nitrogen and oxygen atoms in total. The minimum Gasteiger partial charge on any atom is -0.497 e. The summed E-state index contributed by atoms with van der Waals surface area (Å²) in [5.74, 6) is 1.60. The first-order valence-electron chi connectivity index (χ1n) is 9.04. The van der Waals surface area contributed by atoms with Gasteiger partial charge in [-0.3, -0.25) is 10.1 Å². The number of hydrogen-bond donors (Lipinski definition) is 2. The van der Waals surface area contributed by atoms with Gasteiger partial charge in [0.1, 0.15) is 23.6 Å². The monoisotopic (exact) mass is 411 g/mol. The van der Waals surface area contributed by atoms with Gasteiger partial charge in [-0.15, -0.1) is 0 Å². The third-order valence-electron chi connectivity index (χ3n) is 4.10. The lowest BCUT2D eigenvalue weighted by Crippen LogP contribution is -2.07. The number of nitrogens with one attached hydrogen (secondary N) is 2. The lowest BCUT2D eigenvalue weighted by atomic mass is 10.2. The lowest BCUT2D eigenvalue weighted by molar-refractivity contribution is -0.383. The second kappa shape index (κ2) is 9.41. The van der Waals surface area contributed by atoms with Crippen molar-refractivity contribution < 1.29 is 19.1 Å². The third-order valence-corrected chi connectivity index (χ3v) is 4.10. The van der Waals surface area contributed by atoms with Crippen LogP contribution in [-0.4, -0.2) is 35.7 Å². The first-order chi connectivity index (χ1) is 14.6. The molecule has 0 saturated carbocycles. The van der Waals surface area contributed by atoms with Crippen molar-refractivity contribution in [1.29, 1.82) is 0 Å². The summed E-state index contributed by atoms with van der Waals surface area (Å²) in [6, 6.07) is 12.2. The van der Waals surface area contributed by atoms with E-state index in [0.29, 0.717) is 35.2 Å². The van der Waals surface area contributed by atoms with E-state index in [9.17, 15) is 10.1 Å². The predicted octanol–water partition coefficient (Wildman–Crippen LogP) is 4.29. The van der Waals surface area contributed by atoms with Gasteiger partial charge in [-0.2, -0.15) is 0 Å². The largest absolute Gasteiger partial charge is 0.497 e. The van der Waals surface area contributed by atoms with Crippen LogP contribution in [-0.2, 0) is 0 Å². The zero-order valence-electron chi connectivity index (χ0n) is 16.7. The van der Waals surface area contributed by atoms with E-state index < -0.39 is 4.92 Å². The second-order valence-electron chi connectivity index (χ2n) is 5.92. The first kappa shape index (κ1) is 20.6. The molecular formula is C20H21N5O5. The SMILES string of the molecule is CCOc1ccccc1Nc1ncnc(Nc2cc(OC)ccc2OC)c1[N+](=O)[O-]. The van der Waals surface area contributed by atoms with Crippen LogP contribution < -0.4 is 24.8 Å². The molecule has 156 valence electrons. The number of nitro groups is 1. The van der Waals surface area contributed by atoms with Gasteiger partial charge in [0, 0.05) is 6.07 Å². The highest BCUT2D eigenvalue weighted by molar-refractivity contribution is 5.79. The Hall–Kier alpha value is -4.08. The zero-order valence-corrected chi connectivity index (χ0v) is 16.7. The van der Waals surface area contributed by atoms with Crippen LogP contribution in [0.15, 0.2) is 48.8 Å². The summed E-state index contributed by atoms with van der Waals surface area (Å²) in [4.78, 5) is 19.4. The van der Waals surface area contributed by atoms with E-state index in [1.807, 2.05) is 13.0 Å². The van der Waals surface area contributed by atoms with Crippen LogP contribution in [0.3, 0.4) is 0 Å². The van der Waals surface area contributed by atoms with Crippen LogP contribution in [0.1, 0.15) is 6.92 Å². The Kier molecular flexibility index (Phi) is 6.48. The molecule has 0 unspecified atom stereocenters. The highest BCUT2D eigenvalue weighted by Gasteiger charge is 2.25. The van der Waals surface area contributed by atoms with Gasteiger partial charge in [0.05, 0.1) is 37.1 Å². The predicted molar refractivity (Wildman–Crippen MR) is 112 cm³/mol. The molecule has 0 spiro atoms. The molecule has 0 aliphatic rings. The summed E-state index contributed by atoms with van der Waals surface area (Å²) in [5.41, 5.74) is 0.680. The Morgan fingerprint density at radius 3 is 2.30 bits per heavy atom. The number of nitrogens with zero attached hydrogens (tertiary/aromatic N) is 3. The van der Waals surface area contributed by atoms with Gasteiger partial charge in [-0.25, -0.2) is 9.97 Å². The summed E-state index contributed by atoms with van der Waals surface area (Å²) in [7, 11) is 3.02. The van der Waals surface area contributed by atoms with E-state index in [4.69, 9.17) is 14.2 Å². The van der Waals surface area contributed by atoms with E-state index in [0.717, 1.165) is 0 Å². The highest BCUT2D eigenvalue weighted by atomic mass is 16.6. The molecular weight excluding hydrogens is 390 g/mol. The minimum atomic E-state index is -0.555. The topological polar surface area (TPSA) is 121 Å². The molecule has 0 aliphatic heterocycles. The molecule has 2 aromatic carbocycles. The molecule has 0 atom stereocenters. The van der Waals surface area contributed by atoms with Crippen LogP contribution in [0.2, 0.25) is 0 Å². The standard InChI is InChI=1S/C20H21N5O5/c1-4-30-17-8-6-5-7-14(17)23-19-18(25(26)27)20(22-12-21-19)24-15-11-13(28-2)9-10-16(15)29-3/h5-12H,4H2,1-3H3,(H2,21,22,23,24). The minimum absolute atomic E-state index is 0.00190. The Balaban J connectivity index is 2.02. The number of methoxy groups -OCH3 is 2. The number of para-hydroxylation sites is 2. The van der Waals surface area contributed by atoms with E-state index in [2.05, 4.69) is 20.6 Å². The fraction of sp³-hybridized carbons (Fsp3) is 0.200. The Labute approximate surface area is 173 Å². The maximum absolute atomic E-state index is 11.9. The van der Waals surface area contributed by atoms with E-state index in [-0.39, 0.29) is 17.3 Å². The van der Waals surface area contributed by atoms with Crippen LogP contribution in [0.25, 0.3) is 0 Å². The molecule has 3 rings (SSSR count). The van der Waals surface area contributed by atoms with Crippen molar-refractivity contribution in [2.75, 3.05) is 31.5 Å². The van der Waals surface area contributed by atoms with Gasteiger partial charge < -0.3 is 24.8 Å². The third kappa shape index (κ3) is 4.49. The average molecular weight is 411 g/mol. The molecule has 3 aromatic rings. The molecule has 0 aliphatic carbocycles. The molecule has 0 bridgehead atoms. The van der Waals surface area contributed by atoms with Gasteiger partial charge in [0.25, 0.3) is 0 Å². The van der Waals surface area contributed by atoms with Crippen molar-refractivity contribution in [3.8, 4) is 17.2 Å². The van der Waals surface area contributed by atoms with Crippen molar-refractivity contribution in [1.82, 2.24) is 9.97 Å². The number of ether oxygens (including phenoxy) is 3. The Morgan fingerprint density at radius 2 is 1.67 bits per heavy atom. The van der Waals surface area contributed by atoms with Gasteiger partial charge in [-0.05, 0) is 31.2 Å². The van der Waals surface area contributed by atoms with Gasteiger partial charge >= 0.3 is 5.69 Å². The molecule has 1 heterocycles. The van der Waals surface area contributed by atoms with Crippen molar-refractivity contribution in [2.45, 2.75) is 6.92 Å². The van der Waals surface area contributed by atoms with Crippen molar-refractivity contribution >= 4 is 28.7 Å². The summed E-state index contributed by atoms with van der Waals surface area (Å²) in [5, 5.41) is 17.8. The number of anilines is 4. The maximum Gasteiger partial charge on any atom is 0.353 e. The molecule has 1 aromatic heterocycles. The summed E-state index contributed by atoms with van der Waals surface area (Å²) >= 11 is 0. The average Bonchev–Trinajstić information content (AvgIpc) is 2.75. The molecule has 30 heavy (non-hydrogen) atoms. The fourth-order valence-corrected chi connectivity index (χ4v) is 2.75. The van der Waals surface area contributed by atoms with E-state index in [1.165, 1.54) is 20.5 Å². The van der Waals surface area contributed by atoms with E-state index >= 15 is 0 Å². The van der Waals surface area contributed by atoms with Crippen LogP contribution in [0, 0.1) is 10.1 Å². The normalized spacial score (nSPS) is 10.2. The molecule has 0 radical (unpaired) electrons. The summed E-state index contributed by atoms with van der Waals surface area (Å²) < 4.78 is 16.1. The number of hydrogen-bond acceptors (Lipinski definition) is 9. The van der Waals surface area contributed by atoms with Crippen molar-refractivity contribution in [3.63, 3.8) is 0 Å². The lowest BCUT2D eigenvalue weighted by Gasteiger charge is -2.14. The quantitative estimate of drug-likeness (QED) is 0.392. The number of benzene rings is 2. The van der Waals surface area contributed by atoms with Crippen LogP contribution >= 0.6 is 0 Å². The Bertz CT molecular complexity index is 1040. The Morgan fingerprint density at radius 1 is 0.967 bits per heavy atom. The highest BCUT2D eigenvalue weighted by Crippen LogP contribution is 2.38. The molecule has 2 N–H and O–H groups in total. The second-order valence-corrected chi connectivity index (χ2v) is 5.92. The van der Waals surface area contributed by atoms with Gasteiger partial charge in [0.2, 0.25) is 11.6 Å². The fourth-order valence-electron chi connectivity index (χ4n) is 2.75. The maximum atomic E-state index is 11.9. The molecule has 10 heteroatoms.